The molecule has 0 atom stereocenters. The first-order chi connectivity index (χ1) is 5.29. The van der Waals surface area contributed by atoms with E-state index in [9.17, 15) is 0 Å². The van der Waals surface area contributed by atoms with Crippen LogP contribution in [0.3, 0.4) is 0 Å². The first kappa shape index (κ1) is 7.02. The average molecular weight is 259 g/mol. The summed E-state index contributed by atoms with van der Waals surface area (Å²) >= 11 is 2.18. The van der Waals surface area contributed by atoms with Gasteiger partial charge in [0.05, 0.1) is 0 Å². The predicted octanol–water partition coefficient (Wildman–Crippen LogP) is 1.64. The highest BCUT2D eigenvalue weighted by Crippen LogP contribution is 2.13. The second-order valence-electron chi connectivity index (χ2n) is 2.36. The fourth-order valence-corrected chi connectivity index (χ4v) is 1.84. The molecular weight excluding hydrogens is 253 g/mol. The van der Waals surface area contributed by atoms with E-state index in [4.69, 9.17) is 0 Å². The van der Waals surface area contributed by atoms with Gasteiger partial charge in [0.25, 0.3) is 0 Å². The number of nitrogens with zero attached hydrogens (tertiary/aromatic N) is 3. The van der Waals surface area contributed by atoms with Gasteiger partial charge in [-0.2, -0.15) is 0 Å². The number of fused-ring (bicyclic) bond motifs is 1. The van der Waals surface area contributed by atoms with Gasteiger partial charge in [0.1, 0.15) is 5.52 Å². The highest BCUT2D eigenvalue weighted by molar-refractivity contribution is 14.1. The van der Waals surface area contributed by atoms with E-state index < -0.39 is 0 Å². The predicted molar refractivity (Wildman–Crippen MR) is 50.4 cm³/mol. The van der Waals surface area contributed by atoms with Crippen molar-refractivity contribution in [1.82, 2.24) is 14.8 Å². The fraction of sp³-hybridized carbons (Fsp3) is 0.143. The zero-order valence-corrected chi connectivity index (χ0v) is 8.11. The number of aryl methyl sites for hydroxylation is 1. The maximum Gasteiger partial charge on any atom is 0.151 e. The zero-order chi connectivity index (χ0) is 7.84. The van der Waals surface area contributed by atoms with Crippen molar-refractivity contribution in [3.05, 3.63) is 27.6 Å². The van der Waals surface area contributed by atoms with Crippen molar-refractivity contribution in [2.45, 2.75) is 6.92 Å². The molecule has 0 saturated carbocycles. The van der Waals surface area contributed by atoms with E-state index in [2.05, 4.69) is 45.9 Å². The molecule has 0 bridgehead atoms. The van der Waals surface area contributed by atoms with Crippen LogP contribution in [0, 0.1) is 10.6 Å². The molecule has 2 rings (SSSR count). The third-order valence-corrected chi connectivity index (χ3v) is 2.33. The van der Waals surface area contributed by atoms with Gasteiger partial charge in [0.15, 0.2) is 3.70 Å². The molecule has 4 heteroatoms. The second kappa shape index (κ2) is 2.44. The quantitative estimate of drug-likeness (QED) is 0.673. The Hall–Kier alpha value is -0.650. The molecule has 0 aliphatic rings. The van der Waals surface area contributed by atoms with Crippen molar-refractivity contribution in [2.75, 3.05) is 0 Å². The van der Waals surface area contributed by atoms with E-state index in [0.717, 1.165) is 9.22 Å². The summed E-state index contributed by atoms with van der Waals surface area (Å²) < 4.78 is 2.75. The molecule has 0 saturated heterocycles. The van der Waals surface area contributed by atoms with Crippen LogP contribution in [0.1, 0.15) is 5.56 Å². The number of hydrogen-bond acceptors (Lipinski definition) is 2. The van der Waals surface area contributed by atoms with Crippen molar-refractivity contribution >= 4 is 28.1 Å². The molecular formula is C7H6IN3. The summed E-state index contributed by atoms with van der Waals surface area (Å²) in [6, 6.07) is 4.02. The Balaban J connectivity index is 2.96. The smallest absolute Gasteiger partial charge is 0.151 e. The molecule has 3 nitrogen and oxygen atoms in total. The van der Waals surface area contributed by atoms with E-state index in [0.29, 0.717) is 0 Å². The van der Waals surface area contributed by atoms with Gasteiger partial charge < -0.3 is 0 Å². The minimum absolute atomic E-state index is 0.959. The van der Waals surface area contributed by atoms with Crippen LogP contribution in [0.25, 0.3) is 5.52 Å². The minimum Gasteiger partial charge on any atom is -0.219 e. The first-order valence-electron chi connectivity index (χ1n) is 3.25. The molecule has 56 valence electrons. The molecule has 0 spiro atoms. The summed E-state index contributed by atoms with van der Waals surface area (Å²) in [7, 11) is 0. The number of rotatable bonds is 0. The fourth-order valence-electron chi connectivity index (χ4n) is 1.07. The number of aromatic nitrogens is 3. The maximum atomic E-state index is 3.96. The Labute approximate surface area is 77.6 Å². The highest BCUT2D eigenvalue weighted by atomic mass is 127. The summed E-state index contributed by atoms with van der Waals surface area (Å²) in [5.74, 6) is 0. The monoisotopic (exact) mass is 259 g/mol. The summed E-state index contributed by atoms with van der Waals surface area (Å²) in [6.45, 7) is 2.06. The average Bonchev–Trinajstić information content (AvgIpc) is 2.34. The lowest BCUT2D eigenvalue weighted by Crippen LogP contribution is -1.87. The van der Waals surface area contributed by atoms with Gasteiger partial charge in [-0.25, -0.2) is 4.52 Å². The lowest BCUT2D eigenvalue weighted by molar-refractivity contribution is 0.850. The molecule has 11 heavy (non-hydrogen) atoms. The molecule has 2 aromatic rings. The van der Waals surface area contributed by atoms with Crippen molar-refractivity contribution in [3.63, 3.8) is 0 Å². The van der Waals surface area contributed by atoms with Crippen LogP contribution < -0.4 is 0 Å². The highest BCUT2D eigenvalue weighted by Gasteiger charge is 2.03. The van der Waals surface area contributed by atoms with Crippen molar-refractivity contribution in [2.24, 2.45) is 0 Å². The van der Waals surface area contributed by atoms with Crippen LogP contribution in [0.4, 0.5) is 0 Å². The largest absolute Gasteiger partial charge is 0.219 e. The summed E-state index contributed by atoms with van der Waals surface area (Å²) in [5.41, 5.74) is 2.31. The molecule has 0 radical (unpaired) electrons. The molecule has 0 amide bonds. The van der Waals surface area contributed by atoms with Crippen molar-refractivity contribution in [3.8, 4) is 0 Å². The number of pyridine rings is 1. The van der Waals surface area contributed by atoms with Crippen molar-refractivity contribution < 1.29 is 0 Å². The van der Waals surface area contributed by atoms with Crippen LogP contribution >= 0.6 is 22.6 Å². The van der Waals surface area contributed by atoms with Crippen LogP contribution in [0.15, 0.2) is 18.3 Å². The molecule has 0 unspecified atom stereocenters. The van der Waals surface area contributed by atoms with Crippen LogP contribution in [-0.2, 0) is 0 Å². The zero-order valence-electron chi connectivity index (χ0n) is 5.95. The lowest BCUT2D eigenvalue weighted by atomic mass is 10.3. The molecule has 0 N–H and O–H groups in total. The molecule has 2 aromatic heterocycles. The van der Waals surface area contributed by atoms with Gasteiger partial charge in [0, 0.05) is 6.20 Å². The topological polar surface area (TPSA) is 30.2 Å². The van der Waals surface area contributed by atoms with Crippen LogP contribution in [0.2, 0.25) is 0 Å². The molecule has 0 fully saturated rings. The Morgan fingerprint density at radius 3 is 3.09 bits per heavy atom. The lowest BCUT2D eigenvalue weighted by Gasteiger charge is -1.94. The summed E-state index contributed by atoms with van der Waals surface area (Å²) in [5, 5.41) is 7.89. The standard InChI is InChI=1S/C7H6IN3/c1-5-3-2-4-11-6(5)7(8)9-10-11/h2-4H,1H3. The van der Waals surface area contributed by atoms with E-state index >= 15 is 0 Å². The number of hydrogen-bond donors (Lipinski definition) is 0. The van der Waals surface area contributed by atoms with Gasteiger partial charge in [-0.15, -0.1) is 5.10 Å². The third-order valence-electron chi connectivity index (χ3n) is 1.60. The molecule has 0 aliphatic carbocycles. The molecule has 0 aromatic carbocycles. The van der Waals surface area contributed by atoms with Gasteiger partial charge in [-0.1, -0.05) is 11.3 Å². The van der Waals surface area contributed by atoms with E-state index in [1.165, 1.54) is 5.56 Å². The summed E-state index contributed by atoms with van der Waals surface area (Å²) in [4.78, 5) is 0. The molecule has 0 aliphatic heterocycles. The Kier molecular flexibility index (Phi) is 1.56. The normalized spacial score (nSPS) is 10.7. The van der Waals surface area contributed by atoms with Crippen LogP contribution in [-0.4, -0.2) is 14.8 Å². The Morgan fingerprint density at radius 2 is 2.36 bits per heavy atom. The van der Waals surface area contributed by atoms with E-state index in [1.54, 1.807) is 4.52 Å². The van der Waals surface area contributed by atoms with Gasteiger partial charge in [0.2, 0.25) is 0 Å². The SMILES string of the molecule is Cc1cccn2nnc(I)c12. The molecule has 2 heterocycles. The Bertz CT molecular complexity index is 393. The van der Waals surface area contributed by atoms with Gasteiger partial charge in [-0.05, 0) is 41.1 Å². The van der Waals surface area contributed by atoms with Crippen molar-refractivity contribution in [1.29, 1.82) is 0 Å². The maximum absolute atomic E-state index is 3.96. The van der Waals surface area contributed by atoms with E-state index in [1.807, 2.05) is 12.3 Å². The van der Waals surface area contributed by atoms with Crippen LogP contribution in [0.5, 0.6) is 0 Å². The van der Waals surface area contributed by atoms with Gasteiger partial charge in [-0.3, -0.25) is 0 Å². The first-order valence-corrected chi connectivity index (χ1v) is 4.33. The Morgan fingerprint density at radius 1 is 1.55 bits per heavy atom. The third kappa shape index (κ3) is 1.01. The van der Waals surface area contributed by atoms with E-state index in [-0.39, 0.29) is 0 Å². The number of halogens is 1. The minimum atomic E-state index is 0.959. The van der Waals surface area contributed by atoms with Gasteiger partial charge >= 0.3 is 0 Å². The second-order valence-corrected chi connectivity index (χ2v) is 3.39. The summed E-state index contributed by atoms with van der Waals surface area (Å²) in [6.07, 6.45) is 1.90.